The summed E-state index contributed by atoms with van der Waals surface area (Å²) in [5, 5.41) is 0. The van der Waals surface area contributed by atoms with E-state index in [9.17, 15) is 18.0 Å². The molecule has 0 radical (unpaired) electrons. The number of carbonyl (C=O) groups is 1. The molecule has 0 bridgehead atoms. The van der Waals surface area contributed by atoms with E-state index in [0.717, 1.165) is 37.8 Å². The summed E-state index contributed by atoms with van der Waals surface area (Å²) < 4.78 is 39.2. The summed E-state index contributed by atoms with van der Waals surface area (Å²) >= 11 is 0. The molecule has 1 atom stereocenters. The second kappa shape index (κ2) is 5.63. The predicted octanol–water partition coefficient (Wildman–Crippen LogP) is 3.51. The number of likely N-dealkylation sites (tertiary alicyclic amines) is 1. The van der Waals surface area contributed by atoms with Crippen LogP contribution in [0.4, 0.5) is 13.2 Å². The van der Waals surface area contributed by atoms with Crippen molar-refractivity contribution >= 4 is 5.91 Å². The molecule has 0 saturated carbocycles. The Hall–Kier alpha value is -1.52. The molecule has 1 heterocycles. The van der Waals surface area contributed by atoms with Crippen LogP contribution < -0.4 is 0 Å². The first kappa shape index (κ1) is 13.9. The molecular formula is C14H16F3NO. The molecule has 1 aromatic rings. The summed E-state index contributed by atoms with van der Waals surface area (Å²) in [4.78, 5) is 13.9. The molecule has 5 heteroatoms. The molecule has 19 heavy (non-hydrogen) atoms. The highest BCUT2D eigenvalue weighted by molar-refractivity contribution is 5.94. The van der Waals surface area contributed by atoms with E-state index in [0.29, 0.717) is 6.54 Å². The Balaban J connectivity index is 2.28. The molecule has 1 aromatic carbocycles. The summed E-state index contributed by atoms with van der Waals surface area (Å²) in [6.45, 7) is 2.56. The van der Waals surface area contributed by atoms with Gasteiger partial charge in [0.2, 0.25) is 0 Å². The number of nitrogens with zero attached hydrogens (tertiary/aromatic N) is 1. The molecule has 1 amide bonds. The van der Waals surface area contributed by atoms with Crippen molar-refractivity contribution < 1.29 is 18.0 Å². The van der Waals surface area contributed by atoms with Gasteiger partial charge in [0, 0.05) is 18.2 Å². The molecule has 1 saturated heterocycles. The van der Waals surface area contributed by atoms with E-state index in [1.165, 1.54) is 0 Å². The van der Waals surface area contributed by atoms with Crippen LogP contribution in [-0.2, 0) is 0 Å². The number of benzene rings is 1. The van der Waals surface area contributed by atoms with Gasteiger partial charge in [-0.15, -0.1) is 0 Å². The number of hydrogen-bond acceptors (Lipinski definition) is 1. The Kier molecular flexibility index (Phi) is 4.12. The van der Waals surface area contributed by atoms with Crippen LogP contribution in [0.25, 0.3) is 0 Å². The molecular weight excluding hydrogens is 255 g/mol. The van der Waals surface area contributed by atoms with Gasteiger partial charge >= 0.3 is 0 Å². The molecule has 0 aliphatic carbocycles. The summed E-state index contributed by atoms with van der Waals surface area (Å²) in [6, 6.07) is 1.63. The van der Waals surface area contributed by atoms with E-state index < -0.39 is 23.4 Å². The molecule has 0 N–H and O–H groups in total. The molecule has 0 spiro atoms. The minimum atomic E-state index is -1.54. The number of rotatable bonds is 2. The first-order chi connectivity index (χ1) is 9.04. The van der Waals surface area contributed by atoms with Crippen LogP contribution >= 0.6 is 0 Å². The molecule has 1 fully saturated rings. The van der Waals surface area contributed by atoms with Crippen molar-refractivity contribution in [2.75, 3.05) is 6.54 Å². The number of carbonyl (C=O) groups excluding carboxylic acids is 1. The Morgan fingerprint density at radius 3 is 2.47 bits per heavy atom. The average molecular weight is 271 g/mol. The van der Waals surface area contributed by atoms with E-state index >= 15 is 0 Å². The first-order valence-electron chi connectivity index (χ1n) is 6.50. The Morgan fingerprint density at radius 1 is 1.26 bits per heavy atom. The largest absolute Gasteiger partial charge is 0.336 e. The zero-order valence-electron chi connectivity index (χ0n) is 10.8. The van der Waals surface area contributed by atoms with Crippen molar-refractivity contribution in [2.45, 2.75) is 38.6 Å². The van der Waals surface area contributed by atoms with E-state index in [4.69, 9.17) is 0 Å². The Morgan fingerprint density at radius 2 is 1.89 bits per heavy atom. The van der Waals surface area contributed by atoms with Crippen LogP contribution in [0.15, 0.2) is 12.1 Å². The van der Waals surface area contributed by atoms with Crippen molar-refractivity contribution in [3.8, 4) is 0 Å². The van der Waals surface area contributed by atoms with Gasteiger partial charge in [-0.1, -0.05) is 6.92 Å². The molecule has 1 unspecified atom stereocenters. The highest BCUT2D eigenvalue weighted by Gasteiger charge is 2.27. The standard InChI is InChI=1S/C14H16F3NO/c1-2-10-5-3-4-6-18(10)14(19)9-7-11(15)13(17)12(16)8-9/h7-8,10H,2-6H2,1H3. The van der Waals surface area contributed by atoms with Gasteiger partial charge in [0.05, 0.1) is 0 Å². The van der Waals surface area contributed by atoms with E-state index in [1.807, 2.05) is 6.92 Å². The van der Waals surface area contributed by atoms with Gasteiger partial charge in [0.15, 0.2) is 17.5 Å². The number of halogens is 3. The first-order valence-corrected chi connectivity index (χ1v) is 6.50. The van der Waals surface area contributed by atoms with Gasteiger partial charge in [-0.05, 0) is 37.8 Å². The maximum Gasteiger partial charge on any atom is 0.254 e. The second-order valence-corrected chi connectivity index (χ2v) is 4.81. The molecule has 1 aliphatic rings. The fraction of sp³-hybridized carbons (Fsp3) is 0.500. The van der Waals surface area contributed by atoms with Crippen molar-refractivity contribution in [2.24, 2.45) is 0 Å². The number of hydrogen-bond donors (Lipinski definition) is 0. The van der Waals surface area contributed by atoms with Gasteiger partial charge in [-0.3, -0.25) is 4.79 Å². The topological polar surface area (TPSA) is 20.3 Å². The lowest BCUT2D eigenvalue weighted by atomic mass is 9.99. The second-order valence-electron chi connectivity index (χ2n) is 4.81. The third-order valence-corrected chi connectivity index (χ3v) is 3.59. The minimum Gasteiger partial charge on any atom is -0.336 e. The summed E-state index contributed by atoms with van der Waals surface area (Å²) in [5.41, 5.74) is -0.128. The van der Waals surface area contributed by atoms with Crippen molar-refractivity contribution in [1.29, 1.82) is 0 Å². The summed E-state index contributed by atoms with van der Waals surface area (Å²) in [6.07, 6.45) is 3.63. The summed E-state index contributed by atoms with van der Waals surface area (Å²) in [7, 11) is 0. The van der Waals surface area contributed by atoms with Crippen LogP contribution in [0.2, 0.25) is 0 Å². The fourth-order valence-electron chi connectivity index (χ4n) is 2.54. The lowest BCUT2D eigenvalue weighted by Gasteiger charge is -2.35. The van der Waals surface area contributed by atoms with E-state index in [-0.39, 0.29) is 11.6 Å². The van der Waals surface area contributed by atoms with E-state index in [2.05, 4.69) is 0 Å². The van der Waals surface area contributed by atoms with Crippen molar-refractivity contribution in [1.82, 2.24) is 4.90 Å². The van der Waals surface area contributed by atoms with Crippen LogP contribution in [0.3, 0.4) is 0 Å². The van der Waals surface area contributed by atoms with Gasteiger partial charge < -0.3 is 4.90 Å². The highest BCUT2D eigenvalue weighted by atomic mass is 19.2. The Labute approximate surface area is 110 Å². The zero-order valence-corrected chi connectivity index (χ0v) is 10.8. The fourth-order valence-corrected chi connectivity index (χ4v) is 2.54. The lowest BCUT2D eigenvalue weighted by Crippen LogP contribution is -2.43. The summed E-state index contributed by atoms with van der Waals surface area (Å²) in [5.74, 6) is -4.62. The monoisotopic (exact) mass is 271 g/mol. The molecule has 0 aromatic heterocycles. The molecule has 2 rings (SSSR count). The van der Waals surface area contributed by atoms with Gasteiger partial charge in [0.1, 0.15) is 0 Å². The SMILES string of the molecule is CCC1CCCCN1C(=O)c1cc(F)c(F)c(F)c1. The zero-order chi connectivity index (χ0) is 14.0. The van der Waals surface area contributed by atoms with Gasteiger partial charge in [-0.2, -0.15) is 0 Å². The molecule has 104 valence electrons. The normalized spacial score (nSPS) is 19.6. The van der Waals surface area contributed by atoms with Gasteiger partial charge in [-0.25, -0.2) is 13.2 Å². The average Bonchev–Trinajstić information content (AvgIpc) is 2.43. The predicted molar refractivity (Wildman–Crippen MR) is 65.3 cm³/mol. The quantitative estimate of drug-likeness (QED) is 0.754. The van der Waals surface area contributed by atoms with Gasteiger partial charge in [0.25, 0.3) is 5.91 Å². The Bertz CT molecular complexity index is 467. The minimum absolute atomic E-state index is 0.0948. The smallest absolute Gasteiger partial charge is 0.254 e. The van der Waals surface area contributed by atoms with Crippen LogP contribution in [0, 0.1) is 17.5 Å². The number of piperidine rings is 1. The third-order valence-electron chi connectivity index (χ3n) is 3.59. The van der Waals surface area contributed by atoms with Crippen LogP contribution in [0.5, 0.6) is 0 Å². The van der Waals surface area contributed by atoms with Crippen LogP contribution in [0.1, 0.15) is 43.0 Å². The van der Waals surface area contributed by atoms with Crippen molar-refractivity contribution in [3.05, 3.63) is 35.1 Å². The van der Waals surface area contributed by atoms with Crippen molar-refractivity contribution in [3.63, 3.8) is 0 Å². The molecule has 1 aliphatic heterocycles. The highest BCUT2D eigenvalue weighted by Crippen LogP contribution is 2.23. The number of amides is 1. The maximum absolute atomic E-state index is 13.2. The maximum atomic E-state index is 13.2. The van der Waals surface area contributed by atoms with Crippen LogP contribution in [-0.4, -0.2) is 23.4 Å². The van der Waals surface area contributed by atoms with E-state index in [1.54, 1.807) is 4.90 Å². The lowest BCUT2D eigenvalue weighted by molar-refractivity contribution is 0.0607. The third kappa shape index (κ3) is 2.74. The molecule has 2 nitrogen and oxygen atoms in total.